The van der Waals surface area contributed by atoms with E-state index in [1.54, 1.807) is 19.2 Å². The number of nitro benzene ring substituents is 1. The summed E-state index contributed by atoms with van der Waals surface area (Å²) in [5, 5.41) is 15.4. The van der Waals surface area contributed by atoms with Crippen molar-refractivity contribution in [1.29, 1.82) is 0 Å². The van der Waals surface area contributed by atoms with Crippen LogP contribution in [-0.2, 0) is 0 Å². The molecule has 1 aromatic heterocycles. The van der Waals surface area contributed by atoms with Gasteiger partial charge in [0.2, 0.25) is 0 Å². The van der Waals surface area contributed by atoms with E-state index in [1.807, 2.05) is 0 Å². The summed E-state index contributed by atoms with van der Waals surface area (Å²) in [6.07, 6.45) is 1.63. The highest BCUT2D eigenvalue weighted by Crippen LogP contribution is 2.32. The summed E-state index contributed by atoms with van der Waals surface area (Å²) < 4.78 is 1.40. The van der Waals surface area contributed by atoms with Gasteiger partial charge in [0.05, 0.1) is 20.7 Å². The van der Waals surface area contributed by atoms with E-state index in [4.69, 9.17) is 23.2 Å². The predicted octanol–water partition coefficient (Wildman–Crippen LogP) is 3.40. The zero-order valence-electron chi connectivity index (χ0n) is 8.72. The van der Waals surface area contributed by atoms with Crippen LogP contribution in [0, 0.1) is 17.0 Å². The monoisotopic (exact) mass is 271 g/mol. The molecule has 5 nitrogen and oxygen atoms in total. The third kappa shape index (κ3) is 2.25. The Bertz CT molecular complexity index is 595. The van der Waals surface area contributed by atoms with E-state index in [1.165, 1.54) is 16.8 Å². The van der Waals surface area contributed by atoms with Gasteiger partial charge < -0.3 is 0 Å². The highest BCUT2D eigenvalue weighted by atomic mass is 35.5. The lowest BCUT2D eigenvalue weighted by atomic mass is 10.2. The molecule has 0 N–H and O–H groups in total. The molecule has 0 aliphatic heterocycles. The molecule has 0 radical (unpaired) electrons. The van der Waals surface area contributed by atoms with Gasteiger partial charge in [-0.15, -0.1) is 0 Å². The summed E-state index contributed by atoms with van der Waals surface area (Å²) in [6.45, 7) is 1.79. The van der Waals surface area contributed by atoms with Gasteiger partial charge in [-0.2, -0.15) is 5.10 Å². The van der Waals surface area contributed by atoms with Crippen LogP contribution < -0.4 is 0 Å². The molecule has 0 amide bonds. The molecular weight excluding hydrogens is 265 g/mol. The van der Waals surface area contributed by atoms with Crippen molar-refractivity contribution in [2.75, 3.05) is 0 Å². The summed E-state index contributed by atoms with van der Waals surface area (Å²) in [7, 11) is 0. The van der Waals surface area contributed by atoms with E-state index in [2.05, 4.69) is 5.10 Å². The van der Waals surface area contributed by atoms with Gasteiger partial charge >= 0.3 is 0 Å². The number of aromatic nitrogens is 2. The average molecular weight is 272 g/mol. The Morgan fingerprint density at radius 1 is 1.35 bits per heavy atom. The normalized spacial score (nSPS) is 10.5. The number of rotatable bonds is 2. The Morgan fingerprint density at radius 2 is 2.00 bits per heavy atom. The first-order valence-corrected chi connectivity index (χ1v) is 5.40. The number of benzene rings is 1. The fourth-order valence-corrected chi connectivity index (χ4v) is 1.72. The molecule has 0 fully saturated rings. The molecule has 0 spiro atoms. The highest BCUT2D eigenvalue weighted by Gasteiger charge is 2.18. The minimum Gasteiger partial charge on any atom is -0.258 e. The van der Waals surface area contributed by atoms with Crippen LogP contribution in [0.1, 0.15) is 5.69 Å². The Labute approximate surface area is 107 Å². The zero-order valence-corrected chi connectivity index (χ0v) is 10.2. The van der Waals surface area contributed by atoms with Crippen LogP contribution in [0.2, 0.25) is 10.0 Å². The van der Waals surface area contributed by atoms with Crippen molar-refractivity contribution in [3.63, 3.8) is 0 Å². The number of nitro groups is 1. The standard InChI is InChI=1S/C10H7Cl2N3O2/c1-6-2-3-14(13-6)9-4-7(11)8(12)5-10(9)15(16)17/h2-5H,1H3. The summed E-state index contributed by atoms with van der Waals surface area (Å²) in [5.41, 5.74) is 0.908. The molecule has 0 bridgehead atoms. The molecule has 88 valence electrons. The van der Waals surface area contributed by atoms with Crippen LogP contribution in [0.15, 0.2) is 24.4 Å². The van der Waals surface area contributed by atoms with Gasteiger partial charge in [-0.05, 0) is 19.1 Å². The lowest BCUT2D eigenvalue weighted by Gasteiger charge is -2.04. The first-order chi connectivity index (χ1) is 7.99. The lowest BCUT2D eigenvalue weighted by Crippen LogP contribution is -2.01. The van der Waals surface area contributed by atoms with Crippen molar-refractivity contribution in [3.05, 3.63) is 50.2 Å². The fourth-order valence-electron chi connectivity index (χ4n) is 1.40. The van der Waals surface area contributed by atoms with E-state index >= 15 is 0 Å². The summed E-state index contributed by atoms with van der Waals surface area (Å²) in [4.78, 5) is 10.4. The van der Waals surface area contributed by atoms with Crippen molar-refractivity contribution in [1.82, 2.24) is 9.78 Å². The summed E-state index contributed by atoms with van der Waals surface area (Å²) >= 11 is 11.6. The molecule has 0 unspecified atom stereocenters. The van der Waals surface area contributed by atoms with E-state index in [0.29, 0.717) is 0 Å². The van der Waals surface area contributed by atoms with Crippen LogP contribution in [0.3, 0.4) is 0 Å². The van der Waals surface area contributed by atoms with Gasteiger partial charge in [0, 0.05) is 12.3 Å². The Kier molecular flexibility index (Phi) is 3.04. The Balaban J connectivity index is 2.67. The molecule has 1 heterocycles. The Hall–Kier alpha value is -1.59. The molecule has 0 saturated carbocycles. The van der Waals surface area contributed by atoms with Crippen molar-refractivity contribution >= 4 is 28.9 Å². The smallest absolute Gasteiger partial charge is 0.258 e. The number of hydrogen-bond donors (Lipinski definition) is 0. The molecule has 17 heavy (non-hydrogen) atoms. The SMILES string of the molecule is Cc1ccn(-c2cc(Cl)c(Cl)cc2[N+](=O)[O-])n1. The van der Waals surface area contributed by atoms with Gasteiger partial charge in [0.1, 0.15) is 5.69 Å². The molecule has 0 saturated heterocycles. The van der Waals surface area contributed by atoms with Crippen molar-refractivity contribution in [2.24, 2.45) is 0 Å². The maximum atomic E-state index is 10.9. The molecule has 1 aromatic carbocycles. The van der Waals surface area contributed by atoms with Crippen LogP contribution in [0.25, 0.3) is 5.69 Å². The second-order valence-corrected chi connectivity index (χ2v) is 4.23. The van der Waals surface area contributed by atoms with Crippen LogP contribution >= 0.6 is 23.2 Å². The highest BCUT2D eigenvalue weighted by molar-refractivity contribution is 6.42. The Morgan fingerprint density at radius 3 is 2.53 bits per heavy atom. The minimum absolute atomic E-state index is 0.137. The van der Waals surface area contributed by atoms with Gasteiger partial charge in [-0.3, -0.25) is 10.1 Å². The number of nitrogens with zero attached hydrogens (tertiary/aromatic N) is 3. The van der Waals surface area contributed by atoms with Gasteiger partial charge in [0.25, 0.3) is 5.69 Å². The third-order valence-electron chi connectivity index (χ3n) is 2.18. The van der Waals surface area contributed by atoms with Crippen LogP contribution in [0.5, 0.6) is 0 Å². The molecule has 0 atom stereocenters. The van der Waals surface area contributed by atoms with E-state index in [9.17, 15) is 10.1 Å². The number of aryl methyl sites for hydroxylation is 1. The minimum atomic E-state index is -0.519. The molecular formula is C10H7Cl2N3O2. The first-order valence-electron chi connectivity index (χ1n) is 4.65. The second kappa shape index (κ2) is 4.35. The molecule has 2 rings (SSSR count). The topological polar surface area (TPSA) is 61.0 Å². The van der Waals surface area contributed by atoms with Gasteiger partial charge in [0.15, 0.2) is 0 Å². The van der Waals surface area contributed by atoms with E-state index in [-0.39, 0.29) is 21.4 Å². The molecule has 7 heteroatoms. The molecule has 0 aliphatic carbocycles. The van der Waals surface area contributed by atoms with E-state index < -0.39 is 4.92 Å². The van der Waals surface area contributed by atoms with E-state index in [0.717, 1.165) is 5.69 Å². The molecule has 2 aromatic rings. The largest absolute Gasteiger partial charge is 0.296 e. The quantitative estimate of drug-likeness (QED) is 0.621. The fraction of sp³-hybridized carbons (Fsp3) is 0.100. The average Bonchev–Trinajstić information content (AvgIpc) is 2.68. The van der Waals surface area contributed by atoms with Crippen molar-refractivity contribution < 1.29 is 4.92 Å². The van der Waals surface area contributed by atoms with Crippen molar-refractivity contribution in [3.8, 4) is 5.69 Å². The predicted molar refractivity (Wildman–Crippen MR) is 65.0 cm³/mol. The van der Waals surface area contributed by atoms with Crippen LogP contribution in [-0.4, -0.2) is 14.7 Å². The number of halogens is 2. The van der Waals surface area contributed by atoms with Crippen LogP contribution in [0.4, 0.5) is 5.69 Å². The zero-order chi connectivity index (χ0) is 12.6. The summed E-state index contributed by atoms with van der Waals surface area (Å²) in [5.74, 6) is 0. The maximum Gasteiger partial charge on any atom is 0.296 e. The summed E-state index contributed by atoms with van der Waals surface area (Å²) in [6, 6.07) is 4.39. The van der Waals surface area contributed by atoms with Gasteiger partial charge in [-0.25, -0.2) is 4.68 Å². The van der Waals surface area contributed by atoms with Crippen molar-refractivity contribution in [2.45, 2.75) is 6.92 Å². The first kappa shape index (κ1) is 11.9. The molecule has 0 aliphatic rings. The third-order valence-corrected chi connectivity index (χ3v) is 2.91. The lowest BCUT2D eigenvalue weighted by molar-refractivity contribution is -0.384. The number of hydrogen-bond acceptors (Lipinski definition) is 3. The second-order valence-electron chi connectivity index (χ2n) is 3.41. The van der Waals surface area contributed by atoms with Gasteiger partial charge in [-0.1, -0.05) is 23.2 Å². The maximum absolute atomic E-state index is 10.9.